The van der Waals surface area contributed by atoms with Gasteiger partial charge in [-0.05, 0) is 19.5 Å². The van der Waals surface area contributed by atoms with Crippen LogP contribution in [0.4, 0.5) is 0 Å². The van der Waals surface area contributed by atoms with Crippen LogP contribution in [0.15, 0.2) is 0 Å². The van der Waals surface area contributed by atoms with Crippen LogP contribution in [-0.4, -0.2) is 63.0 Å². The Morgan fingerprint density at radius 3 is 2.88 bits per heavy atom. The summed E-state index contributed by atoms with van der Waals surface area (Å²) in [7, 11) is 0. The molecule has 0 radical (unpaired) electrons. The second-order valence-electron chi connectivity index (χ2n) is 4.54. The maximum Gasteiger partial charge on any atom is 0.0877 e. The highest BCUT2D eigenvalue weighted by Gasteiger charge is 2.27. The predicted octanol–water partition coefficient (Wildman–Crippen LogP) is 1.11. The zero-order chi connectivity index (χ0) is 12.5. The number of hydrogen-bond acceptors (Lipinski definition) is 4. The lowest BCUT2D eigenvalue weighted by molar-refractivity contribution is -0.0599. The van der Waals surface area contributed by atoms with Gasteiger partial charge in [0.2, 0.25) is 0 Å². The Morgan fingerprint density at radius 2 is 2.24 bits per heavy atom. The Hall–Kier alpha value is -0.160. The van der Waals surface area contributed by atoms with E-state index < -0.39 is 0 Å². The van der Waals surface area contributed by atoms with Crippen molar-refractivity contribution in [2.24, 2.45) is 0 Å². The highest BCUT2D eigenvalue weighted by atomic mass is 16.5. The molecule has 0 saturated carbocycles. The van der Waals surface area contributed by atoms with E-state index in [4.69, 9.17) is 9.47 Å². The summed E-state index contributed by atoms with van der Waals surface area (Å²) in [6.07, 6.45) is 1.34. The number of nitrogens with one attached hydrogen (secondary N) is 1. The Bertz CT molecular complexity index is 190. The molecule has 1 N–H and O–H groups in total. The molecule has 1 aliphatic rings. The van der Waals surface area contributed by atoms with E-state index in [1.165, 1.54) is 0 Å². The SMILES string of the molecule is CCCOCC(NCC)C1CN(CC)CCO1. The number of ether oxygens (including phenoxy) is 2. The van der Waals surface area contributed by atoms with Crippen molar-refractivity contribution >= 4 is 0 Å². The molecular weight excluding hydrogens is 216 g/mol. The zero-order valence-corrected chi connectivity index (χ0v) is 11.6. The fourth-order valence-electron chi connectivity index (χ4n) is 2.18. The van der Waals surface area contributed by atoms with Crippen LogP contribution < -0.4 is 5.32 Å². The van der Waals surface area contributed by atoms with Crippen LogP contribution in [0.3, 0.4) is 0 Å². The molecule has 0 aromatic carbocycles. The normalized spacial score (nSPS) is 23.8. The molecular formula is C13H28N2O2. The van der Waals surface area contributed by atoms with Crippen molar-refractivity contribution in [3.05, 3.63) is 0 Å². The largest absolute Gasteiger partial charge is 0.380 e. The van der Waals surface area contributed by atoms with Crippen molar-refractivity contribution in [3.8, 4) is 0 Å². The zero-order valence-electron chi connectivity index (χ0n) is 11.6. The molecule has 1 fully saturated rings. The molecule has 0 aromatic rings. The van der Waals surface area contributed by atoms with E-state index in [0.29, 0.717) is 6.04 Å². The van der Waals surface area contributed by atoms with Crippen molar-refractivity contribution in [3.63, 3.8) is 0 Å². The highest BCUT2D eigenvalue weighted by molar-refractivity contribution is 4.82. The molecule has 102 valence electrons. The third-order valence-electron chi connectivity index (χ3n) is 3.19. The first-order valence-corrected chi connectivity index (χ1v) is 6.96. The second-order valence-corrected chi connectivity index (χ2v) is 4.54. The molecule has 0 spiro atoms. The minimum Gasteiger partial charge on any atom is -0.380 e. The van der Waals surface area contributed by atoms with Crippen LogP contribution in [-0.2, 0) is 9.47 Å². The third kappa shape index (κ3) is 5.34. The average molecular weight is 244 g/mol. The first-order chi connectivity index (χ1) is 8.31. The molecule has 4 heteroatoms. The quantitative estimate of drug-likeness (QED) is 0.649. The van der Waals surface area contributed by atoms with Gasteiger partial charge in [-0.2, -0.15) is 0 Å². The van der Waals surface area contributed by atoms with Crippen molar-refractivity contribution in [2.45, 2.75) is 39.3 Å². The lowest BCUT2D eigenvalue weighted by Gasteiger charge is -2.36. The third-order valence-corrected chi connectivity index (χ3v) is 3.19. The summed E-state index contributed by atoms with van der Waals surface area (Å²) in [4.78, 5) is 2.44. The number of morpholine rings is 1. The summed E-state index contributed by atoms with van der Waals surface area (Å²) < 4.78 is 11.5. The summed E-state index contributed by atoms with van der Waals surface area (Å²) >= 11 is 0. The summed E-state index contributed by atoms with van der Waals surface area (Å²) in [6, 6.07) is 0.320. The fourth-order valence-corrected chi connectivity index (χ4v) is 2.18. The Labute approximate surface area is 106 Å². The molecule has 0 bridgehead atoms. The smallest absolute Gasteiger partial charge is 0.0877 e. The van der Waals surface area contributed by atoms with Gasteiger partial charge in [-0.15, -0.1) is 0 Å². The van der Waals surface area contributed by atoms with Crippen molar-refractivity contribution in [1.29, 1.82) is 0 Å². The maximum atomic E-state index is 5.87. The molecule has 1 rings (SSSR count). The Morgan fingerprint density at radius 1 is 1.41 bits per heavy atom. The molecule has 4 nitrogen and oxygen atoms in total. The molecule has 0 aromatic heterocycles. The summed E-state index contributed by atoms with van der Waals surface area (Å²) in [6.45, 7) is 13.1. The minimum absolute atomic E-state index is 0.264. The minimum atomic E-state index is 0.264. The van der Waals surface area contributed by atoms with Crippen molar-refractivity contribution < 1.29 is 9.47 Å². The van der Waals surface area contributed by atoms with Crippen molar-refractivity contribution in [2.75, 3.05) is 46.0 Å². The Kier molecular flexibility index (Phi) is 7.77. The number of rotatable bonds is 8. The average Bonchev–Trinajstić information content (AvgIpc) is 2.38. The first-order valence-electron chi connectivity index (χ1n) is 6.96. The van der Waals surface area contributed by atoms with Gasteiger partial charge < -0.3 is 14.8 Å². The van der Waals surface area contributed by atoms with Crippen LogP contribution in [0, 0.1) is 0 Å². The standard InChI is InChI=1S/C13H28N2O2/c1-4-8-16-11-12(14-5-2)13-10-15(6-3)7-9-17-13/h12-14H,4-11H2,1-3H3. The number of hydrogen-bond donors (Lipinski definition) is 1. The van der Waals surface area contributed by atoms with E-state index in [9.17, 15) is 0 Å². The molecule has 1 aliphatic heterocycles. The van der Waals surface area contributed by atoms with E-state index in [1.807, 2.05) is 0 Å². The number of nitrogens with zero attached hydrogens (tertiary/aromatic N) is 1. The second kappa shape index (κ2) is 8.86. The molecule has 1 saturated heterocycles. The van der Waals surface area contributed by atoms with Gasteiger partial charge in [-0.1, -0.05) is 20.8 Å². The van der Waals surface area contributed by atoms with Crippen molar-refractivity contribution in [1.82, 2.24) is 10.2 Å². The van der Waals surface area contributed by atoms with E-state index in [-0.39, 0.29) is 6.10 Å². The summed E-state index contributed by atoms with van der Waals surface area (Å²) in [5.41, 5.74) is 0. The van der Waals surface area contributed by atoms with Crippen LogP contribution >= 0.6 is 0 Å². The van der Waals surface area contributed by atoms with Gasteiger partial charge >= 0.3 is 0 Å². The monoisotopic (exact) mass is 244 g/mol. The van der Waals surface area contributed by atoms with Gasteiger partial charge in [0.25, 0.3) is 0 Å². The van der Waals surface area contributed by atoms with Gasteiger partial charge in [0.15, 0.2) is 0 Å². The molecule has 1 heterocycles. The Balaban J connectivity index is 2.38. The molecule has 17 heavy (non-hydrogen) atoms. The summed E-state index contributed by atoms with van der Waals surface area (Å²) in [5, 5.41) is 3.48. The molecule has 2 atom stereocenters. The lowest BCUT2D eigenvalue weighted by Crippen LogP contribution is -2.53. The lowest BCUT2D eigenvalue weighted by atomic mass is 10.1. The van der Waals surface area contributed by atoms with E-state index in [2.05, 4.69) is 31.0 Å². The van der Waals surface area contributed by atoms with Crippen LogP contribution in [0.2, 0.25) is 0 Å². The van der Waals surface area contributed by atoms with E-state index in [0.717, 1.165) is 52.4 Å². The van der Waals surface area contributed by atoms with Crippen LogP contribution in [0.1, 0.15) is 27.2 Å². The molecule has 2 unspecified atom stereocenters. The van der Waals surface area contributed by atoms with Gasteiger partial charge in [0, 0.05) is 19.7 Å². The molecule has 0 amide bonds. The highest BCUT2D eigenvalue weighted by Crippen LogP contribution is 2.09. The van der Waals surface area contributed by atoms with Gasteiger partial charge in [-0.25, -0.2) is 0 Å². The van der Waals surface area contributed by atoms with E-state index in [1.54, 1.807) is 0 Å². The van der Waals surface area contributed by atoms with E-state index >= 15 is 0 Å². The van der Waals surface area contributed by atoms with Crippen LogP contribution in [0.25, 0.3) is 0 Å². The van der Waals surface area contributed by atoms with Gasteiger partial charge in [0.1, 0.15) is 0 Å². The topological polar surface area (TPSA) is 33.7 Å². The number of likely N-dealkylation sites (N-methyl/N-ethyl adjacent to an activating group) is 2. The van der Waals surface area contributed by atoms with Gasteiger partial charge in [0.05, 0.1) is 25.4 Å². The first kappa shape index (κ1) is 14.9. The fraction of sp³-hybridized carbons (Fsp3) is 1.00. The molecule has 0 aliphatic carbocycles. The van der Waals surface area contributed by atoms with Gasteiger partial charge in [-0.3, -0.25) is 4.90 Å². The predicted molar refractivity (Wildman–Crippen MR) is 70.4 cm³/mol. The summed E-state index contributed by atoms with van der Waals surface area (Å²) in [5.74, 6) is 0. The van der Waals surface area contributed by atoms with Crippen LogP contribution in [0.5, 0.6) is 0 Å². The maximum absolute atomic E-state index is 5.87.